The van der Waals surface area contributed by atoms with Gasteiger partial charge >= 0.3 is 5.76 Å². The normalized spacial score (nSPS) is 10.9. The van der Waals surface area contributed by atoms with Gasteiger partial charge in [0.1, 0.15) is 5.82 Å². The molecule has 7 heteroatoms. The molecule has 3 aromatic rings. The molecule has 0 aliphatic rings. The third-order valence-corrected chi connectivity index (χ3v) is 3.02. The van der Waals surface area contributed by atoms with Crippen molar-refractivity contribution < 1.29 is 8.81 Å². The van der Waals surface area contributed by atoms with Crippen molar-refractivity contribution >= 4 is 39.8 Å². The molecule has 0 aliphatic heterocycles. The lowest BCUT2D eigenvalue weighted by Crippen LogP contribution is -1.98. The molecule has 0 saturated carbocycles. The molecule has 5 nitrogen and oxygen atoms in total. The number of anilines is 3. The second kappa shape index (κ2) is 4.57. The van der Waals surface area contributed by atoms with Gasteiger partial charge in [-0.15, -0.1) is 0 Å². The highest BCUT2D eigenvalue weighted by molar-refractivity contribution is 6.30. The standard InChI is InChI=1S/C13H9ClFN3O2/c14-6-1-2-7(15)9(3-6)17-10-5-11-12(4-8(10)16)20-13(19)18-11/h1-5,17H,16H2,(H,18,19). The van der Waals surface area contributed by atoms with Crippen LogP contribution in [0.15, 0.2) is 39.5 Å². The fourth-order valence-corrected chi connectivity index (χ4v) is 2.03. The molecule has 0 fully saturated rings. The Labute approximate surface area is 117 Å². The summed E-state index contributed by atoms with van der Waals surface area (Å²) in [5.41, 5.74) is 7.59. The average Bonchev–Trinajstić information content (AvgIpc) is 2.73. The molecule has 1 heterocycles. The number of aromatic nitrogens is 1. The summed E-state index contributed by atoms with van der Waals surface area (Å²) in [5.74, 6) is -1.04. The Balaban J connectivity index is 2.07. The van der Waals surface area contributed by atoms with Crippen LogP contribution in [0, 0.1) is 5.82 Å². The van der Waals surface area contributed by atoms with Crippen LogP contribution in [-0.2, 0) is 0 Å². The molecule has 0 saturated heterocycles. The molecule has 0 radical (unpaired) electrons. The van der Waals surface area contributed by atoms with Gasteiger partial charge in [-0.25, -0.2) is 9.18 Å². The maximum Gasteiger partial charge on any atom is 0.417 e. The molecule has 1 aromatic heterocycles. The Hall–Kier alpha value is -2.47. The van der Waals surface area contributed by atoms with Crippen molar-refractivity contribution in [2.24, 2.45) is 0 Å². The van der Waals surface area contributed by atoms with E-state index in [0.717, 1.165) is 0 Å². The maximum absolute atomic E-state index is 13.7. The van der Waals surface area contributed by atoms with Gasteiger partial charge in [0.15, 0.2) is 5.58 Å². The van der Waals surface area contributed by atoms with Crippen LogP contribution in [0.5, 0.6) is 0 Å². The SMILES string of the molecule is Nc1cc2oc(=O)[nH]c2cc1Nc1cc(Cl)ccc1F. The molecule has 20 heavy (non-hydrogen) atoms. The number of halogens is 2. The van der Waals surface area contributed by atoms with E-state index in [1.54, 1.807) is 6.07 Å². The lowest BCUT2D eigenvalue weighted by atomic mass is 10.2. The number of nitrogen functional groups attached to an aromatic ring is 1. The third kappa shape index (κ3) is 2.21. The van der Waals surface area contributed by atoms with Crippen LogP contribution in [-0.4, -0.2) is 4.98 Å². The number of oxazole rings is 1. The van der Waals surface area contributed by atoms with E-state index >= 15 is 0 Å². The van der Waals surface area contributed by atoms with E-state index in [-0.39, 0.29) is 5.69 Å². The topological polar surface area (TPSA) is 84.0 Å². The lowest BCUT2D eigenvalue weighted by molar-refractivity contribution is 0.555. The molecule has 3 rings (SSSR count). The molecule has 2 aromatic carbocycles. The molecule has 0 atom stereocenters. The van der Waals surface area contributed by atoms with Crippen LogP contribution >= 0.6 is 11.6 Å². The second-order valence-electron chi connectivity index (χ2n) is 4.20. The first-order chi connectivity index (χ1) is 9.52. The van der Waals surface area contributed by atoms with Crippen molar-refractivity contribution in [1.29, 1.82) is 0 Å². The number of benzene rings is 2. The zero-order chi connectivity index (χ0) is 14.3. The van der Waals surface area contributed by atoms with E-state index in [1.807, 2.05) is 0 Å². The molecule has 0 bridgehead atoms. The van der Waals surface area contributed by atoms with Gasteiger partial charge in [-0.2, -0.15) is 0 Å². The molecule has 0 spiro atoms. The van der Waals surface area contributed by atoms with Crippen molar-refractivity contribution in [1.82, 2.24) is 4.98 Å². The molecule has 0 unspecified atom stereocenters. The van der Waals surface area contributed by atoms with Gasteiger partial charge < -0.3 is 15.5 Å². The predicted octanol–water partition coefficient (Wildman–Crippen LogP) is 3.24. The quantitative estimate of drug-likeness (QED) is 0.633. The van der Waals surface area contributed by atoms with E-state index in [2.05, 4.69) is 10.3 Å². The van der Waals surface area contributed by atoms with Crippen molar-refractivity contribution in [2.75, 3.05) is 11.1 Å². The van der Waals surface area contributed by atoms with E-state index in [4.69, 9.17) is 21.8 Å². The largest absolute Gasteiger partial charge is 0.417 e. The number of rotatable bonds is 2. The highest BCUT2D eigenvalue weighted by Crippen LogP contribution is 2.29. The van der Waals surface area contributed by atoms with Gasteiger partial charge in [0.05, 0.1) is 22.6 Å². The van der Waals surface area contributed by atoms with Crippen molar-refractivity contribution in [3.8, 4) is 0 Å². The van der Waals surface area contributed by atoms with Crippen LogP contribution in [0.1, 0.15) is 0 Å². The van der Waals surface area contributed by atoms with Crippen LogP contribution < -0.4 is 16.8 Å². The minimum absolute atomic E-state index is 0.189. The summed E-state index contributed by atoms with van der Waals surface area (Å²) in [6, 6.07) is 7.19. The number of hydrogen-bond donors (Lipinski definition) is 3. The fourth-order valence-electron chi connectivity index (χ4n) is 1.86. The lowest BCUT2D eigenvalue weighted by Gasteiger charge is -2.10. The molecule has 0 amide bonds. The first kappa shape index (κ1) is 12.6. The average molecular weight is 294 g/mol. The molecular formula is C13H9ClFN3O2. The smallest absolute Gasteiger partial charge is 0.408 e. The summed E-state index contributed by atoms with van der Waals surface area (Å²) in [7, 11) is 0. The summed E-state index contributed by atoms with van der Waals surface area (Å²) in [4.78, 5) is 13.6. The zero-order valence-electron chi connectivity index (χ0n) is 10.0. The van der Waals surface area contributed by atoms with Gasteiger partial charge in [-0.3, -0.25) is 4.98 Å². The Morgan fingerprint density at radius 1 is 1.25 bits per heavy atom. The summed E-state index contributed by atoms with van der Waals surface area (Å²) in [5, 5.41) is 3.23. The van der Waals surface area contributed by atoms with Gasteiger partial charge in [-0.05, 0) is 24.3 Å². The van der Waals surface area contributed by atoms with E-state index in [1.165, 1.54) is 24.3 Å². The summed E-state index contributed by atoms with van der Waals surface area (Å²) in [6.45, 7) is 0. The molecule has 0 aliphatic carbocycles. The van der Waals surface area contributed by atoms with Crippen LogP contribution in [0.3, 0.4) is 0 Å². The van der Waals surface area contributed by atoms with E-state index in [0.29, 0.717) is 27.5 Å². The number of aromatic amines is 1. The highest BCUT2D eigenvalue weighted by Gasteiger charge is 2.09. The van der Waals surface area contributed by atoms with Gasteiger partial charge in [-0.1, -0.05) is 11.6 Å². The minimum atomic E-state index is -0.578. The second-order valence-corrected chi connectivity index (χ2v) is 4.64. The Bertz CT molecular complexity index is 856. The van der Waals surface area contributed by atoms with Crippen molar-refractivity contribution in [2.45, 2.75) is 0 Å². The summed E-state index contributed by atoms with van der Waals surface area (Å²) >= 11 is 5.82. The monoisotopic (exact) mass is 293 g/mol. The molecular weight excluding hydrogens is 285 g/mol. The van der Waals surface area contributed by atoms with E-state index in [9.17, 15) is 9.18 Å². The summed E-state index contributed by atoms with van der Waals surface area (Å²) in [6.07, 6.45) is 0. The number of nitrogens with one attached hydrogen (secondary N) is 2. The zero-order valence-corrected chi connectivity index (χ0v) is 10.8. The Morgan fingerprint density at radius 2 is 2.05 bits per heavy atom. The summed E-state index contributed by atoms with van der Waals surface area (Å²) < 4.78 is 18.5. The van der Waals surface area contributed by atoms with Crippen LogP contribution in [0.4, 0.5) is 21.5 Å². The van der Waals surface area contributed by atoms with Gasteiger partial charge in [0.2, 0.25) is 0 Å². The number of fused-ring (bicyclic) bond motifs is 1. The van der Waals surface area contributed by atoms with Crippen molar-refractivity contribution in [3.05, 3.63) is 51.7 Å². The third-order valence-electron chi connectivity index (χ3n) is 2.79. The van der Waals surface area contributed by atoms with Crippen molar-refractivity contribution in [3.63, 3.8) is 0 Å². The highest BCUT2D eigenvalue weighted by atomic mass is 35.5. The number of H-pyrrole nitrogens is 1. The maximum atomic E-state index is 13.7. The fraction of sp³-hybridized carbons (Fsp3) is 0. The van der Waals surface area contributed by atoms with Crippen LogP contribution in [0.2, 0.25) is 5.02 Å². The van der Waals surface area contributed by atoms with Crippen LogP contribution in [0.25, 0.3) is 11.1 Å². The first-order valence-electron chi connectivity index (χ1n) is 5.67. The van der Waals surface area contributed by atoms with Gasteiger partial charge in [0, 0.05) is 11.1 Å². The first-order valence-corrected chi connectivity index (χ1v) is 6.05. The minimum Gasteiger partial charge on any atom is -0.408 e. The van der Waals surface area contributed by atoms with E-state index < -0.39 is 11.6 Å². The predicted molar refractivity (Wildman–Crippen MR) is 75.9 cm³/mol. The Morgan fingerprint density at radius 3 is 2.85 bits per heavy atom. The molecule has 4 N–H and O–H groups in total. The molecule has 102 valence electrons. The number of nitrogens with two attached hydrogens (primary N) is 1. The van der Waals surface area contributed by atoms with Gasteiger partial charge in [0.25, 0.3) is 0 Å². The Kier molecular flexibility index (Phi) is 2.87. The number of hydrogen-bond acceptors (Lipinski definition) is 4.